The van der Waals surface area contributed by atoms with Crippen LogP contribution in [0.25, 0.3) is 0 Å². The zero-order chi connectivity index (χ0) is 23.0. The Labute approximate surface area is 191 Å². The first-order valence-corrected chi connectivity index (χ1v) is 11.3. The van der Waals surface area contributed by atoms with Crippen LogP contribution in [0.2, 0.25) is 0 Å². The normalized spacial score (nSPS) is 19.7. The first kappa shape index (κ1) is 24.2. The first-order chi connectivity index (χ1) is 15.3. The summed E-state index contributed by atoms with van der Waals surface area (Å²) in [4.78, 5) is 14.4. The average molecular weight is 442 g/mol. The second kappa shape index (κ2) is 11.5. The number of ether oxygens (including phenoxy) is 3. The summed E-state index contributed by atoms with van der Waals surface area (Å²) in [5.41, 5.74) is 1.62. The third kappa shape index (κ3) is 7.33. The number of carbonyl (C=O) groups is 1. The standard InChI is InChI=1S/C26H35NO5/c1-26(2,3)32-25(29)27-19-31-24(22(27)17-20-11-6-4-7-12-20)23(28)15-10-16-30-18-21-13-8-5-9-14-21/h4-9,11-14,22-24,28H,10,15-19H2,1-3H3/t22-,23?,24+/m1/s1. The minimum atomic E-state index is -0.698. The van der Waals surface area contributed by atoms with E-state index >= 15 is 0 Å². The van der Waals surface area contributed by atoms with Gasteiger partial charge >= 0.3 is 6.09 Å². The molecule has 6 heteroatoms. The SMILES string of the molecule is CC(C)(C)OC(=O)N1CO[C@H](C(O)CCCOCc2ccccc2)[C@H]1Cc1ccccc1. The number of aliphatic hydroxyl groups is 1. The number of benzene rings is 2. The predicted molar refractivity (Wildman–Crippen MR) is 123 cm³/mol. The summed E-state index contributed by atoms with van der Waals surface area (Å²) in [6.07, 6.45) is 0.241. The van der Waals surface area contributed by atoms with Gasteiger partial charge in [-0.15, -0.1) is 0 Å². The molecule has 1 heterocycles. The van der Waals surface area contributed by atoms with Crippen LogP contribution in [0.1, 0.15) is 44.7 Å². The summed E-state index contributed by atoms with van der Waals surface area (Å²) >= 11 is 0. The lowest BCUT2D eigenvalue weighted by Gasteiger charge is -2.30. The fraction of sp³-hybridized carbons (Fsp3) is 0.500. The van der Waals surface area contributed by atoms with Gasteiger partial charge in [0.1, 0.15) is 18.4 Å². The molecule has 3 rings (SSSR count). The van der Waals surface area contributed by atoms with Crippen molar-refractivity contribution in [3.63, 3.8) is 0 Å². The number of nitrogens with zero attached hydrogens (tertiary/aromatic N) is 1. The molecular formula is C26H35NO5. The van der Waals surface area contributed by atoms with Gasteiger partial charge in [0.25, 0.3) is 0 Å². The molecule has 0 aromatic heterocycles. The van der Waals surface area contributed by atoms with E-state index in [4.69, 9.17) is 14.2 Å². The topological polar surface area (TPSA) is 68.2 Å². The summed E-state index contributed by atoms with van der Waals surface area (Å²) in [7, 11) is 0. The van der Waals surface area contributed by atoms with Crippen molar-refractivity contribution in [1.29, 1.82) is 0 Å². The van der Waals surface area contributed by atoms with Crippen molar-refractivity contribution < 1.29 is 24.1 Å². The maximum Gasteiger partial charge on any atom is 0.412 e. The minimum absolute atomic E-state index is 0.110. The Morgan fingerprint density at radius 1 is 1.09 bits per heavy atom. The van der Waals surface area contributed by atoms with E-state index in [-0.39, 0.29) is 12.8 Å². The Bertz CT molecular complexity index is 821. The minimum Gasteiger partial charge on any atom is -0.444 e. The Hall–Kier alpha value is -2.41. The Balaban J connectivity index is 1.56. The molecule has 1 aliphatic heterocycles. The fourth-order valence-corrected chi connectivity index (χ4v) is 3.83. The van der Waals surface area contributed by atoms with E-state index in [1.54, 1.807) is 4.90 Å². The van der Waals surface area contributed by atoms with Gasteiger partial charge in [0.15, 0.2) is 0 Å². The number of carbonyl (C=O) groups excluding carboxylic acids is 1. The molecule has 1 saturated heterocycles. The number of hydrogen-bond donors (Lipinski definition) is 1. The molecule has 3 atom stereocenters. The number of aliphatic hydroxyl groups excluding tert-OH is 1. The smallest absolute Gasteiger partial charge is 0.412 e. The molecule has 1 unspecified atom stereocenters. The van der Waals surface area contributed by atoms with Gasteiger partial charge in [0, 0.05) is 6.61 Å². The summed E-state index contributed by atoms with van der Waals surface area (Å²) < 4.78 is 17.2. The van der Waals surface area contributed by atoms with Crippen LogP contribution in [0.5, 0.6) is 0 Å². The molecule has 0 saturated carbocycles. The third-order valence-electron chi connectivity index (χ3n) is 5.38. The average Bonchev–Trinajstić information content (AvgIpc) is 3.17. The van der Waals surface area contributed by atoms with Gasteiger partial charge in [0.05, 0.1) is 18.8 Å². The van der Waals surface area contributed by atoms with Gasteiger partial charge in [-0.3, -0.25) is 4.90 Å². The molecule has 0 spiro atoms. The first-order valence-electron chi connectivity index (χ1n) is 11.3. The molecule has 0 bridgehead atoms. The lowest BCUT2D eigenvalue weighted by atomic mass is 9.95. The molecule has 2 aromatic carbocycles. The van der Waals surface area contributed by atoms with Crippen LogP contribution in [0.15, 0.2) is 60.7 Å². The van der Waals surface area contributed by atoms with Crippen LogP contribution in [0.3, 0.4) is 0 Å². The highest BCUT2D eigenvalue weighted by atomic mass is 16.6. The molecule has 32 heavy (non-hydrogen) atoms. The molecule has 0 aliphatic carbocycles. The highest BCUT2D eigenvalue weighted by Crippen LogP contribution is 2.27. The molecule has 1 N–H and O–H groups in total. The predicted octanol–water partition coefficient (Wildman–Crippen LogP) is 4.55. The van der Waals surface area contributed by atoms with E-state index < -0.39 is 23.9 Å². The number of amides is 1. The highest BCUT2D eigenvalue weighted by molar-refractivity contribution is 5.69. The van der Waals surface area contributed by atoms with Gasteiger partial charge in [-0.2, -0.15) is 0 Å². The van der Waals surface area contributed by atoms with E-state index in [1.807, 2.05) is 81.4 Å². The summed E-state index contributed by atoms with van der Waals surface area (Å²) in [5, 5.41) is 10.9. The maximum absolute atomic E-state index is 12.8. The molecule has 0 radical (unpaired) electrons. The van der Waals surface area contributed by atoms with Crippen LogP contribution in [-0.4, -0.2) is 53.3 Å². The van der Waals surface area contributed by atoms with Crippen LogP contribution < -0.4 is 0 Å². The van der Waals surface area contributed by atoms with Crippen molar-refractivity contribution in [1.82, 2.24) is 4.90 Å². The van der Waals surface area contributed by atoms with E-state index in [2.05, 4.69) is 0 Å². The zero-order valence-electron chi connectivity index (χ0n) is 19.3. The molecular weight excluding hydrogens is 406 g/mol. The van der Waals surface area contributed by atoms with Crippen molar-refractivity contribution >= 4 is 6.09 Å². The monoisotopic (exact) mass is 441 g/mol. The van der Waals surface area contributed by atoms with Crippen LogP contribution in [0, 0.1) is 0 Å². The van der Waals surface area contributed by atoms with Crippen LogP contribution >= 0.6 is 0 Å². The summed E-state index contributed by atoms with van der Waals surface area (Å²) in [5.74, 6) is 0. The van der Waals surface area contributed by atoms with Gasteiger partial charge in [-0.05, 0) is 51.2 Å². The van der Waals surface area contributed by atoms with Gasteiger partial charge < -0.3 is 19.3 Å². The van der Waals surface area contributed by atoms with Crippen molar-refractivity contribution in [3.8, 4) is 0 Å². The van der Waals surface area contributed by atoms with E-state index in [0.29, 0.717) is 32.5 Å². The van der Waals surface area contributed by atoms with Crippen molar-refractivity contribution in [3.05, 3.63) is 71.8 Å². The Morgan fingerprint density at radius 2 is 1.72 bits per heavy atom. The molecule has 1 fully saturated rings. The Kier molecular flexibility index (Phi) is 8.67. The summed E-state index contributed by atoms with van der Waals surface area (Å²) in [6.45, 7) is 6.75. The quantitative estimate of drug-likeness (QED) is 0.578. The maximum atomic E-state index is 12.8. The van der Waals surface area contributed by atoms with Crippen molar-refractivity contribution in [2.24, 2.45) is 0 Å². The molecule has 2 aromatic rings. The largest absolute Gasteiger partial charge is 0.444 e. The van der Waals surface area contributed by atoms with E-state index in [0.717, 1.165) is 11.1 Å². The molecule has 6 nitrogen and oxygen atoms in total. The zero-order valence-corrected chi connectivity index (χ0v) is 19.3. The van der Waals surface area contributed by atoms with E-state index in [1.165, 1.54) is 0 Å². The number of hydrogen-bond acceptors (Lipinski definition) is 5. The van der Waals surface area contributed by atoms with Gasteiger partial charge in [0.2, 0.25) is 0 Å². The van der Waals surface area contributed by atoms with Gasteiger partial charge in [-0.25, -0.2) is 4.79 Å². The third-order valence-corrected chi connectivity index (χ3v) is 5.38. The van der Waals surface area contributed by atoms with Gasteiger partial charge in [-0.1, -0.05) is 60.7 Å². The lowest BCUT2D eigenvalue weighted by molar-refractivity contribution is -0.0175. The second-order valence-corrected chi connectivity index (χ2v) is 9.22. The van der Waals surface area contributed by atoms with Crippen molar-refractivity contribution in [2.45, 2.75) is 70.5 Å². The Morgan fingerprint density at radius 3 is 2.34 bits per heavy atom. The lowest BCUT2D eigenvalue weighted by Crippen LogP contribution is -2.46. The molecule has 1 aliphatic rings. The van der Waals surface area contributed by atoms with E-state index in [9.17, 15) is 9.90 Å². The second-order valence-electron chi connectivity index (χ2n) is 9.22. The molecule has 1 amide bonds. The highest BCUT2D eigenvalue weighted by Gasteiger charge is 2.43. The van der Waals surface area contributed by atoms with Crippen LogP contribution in [0.4, 0.5) is 4.79 Å². The van der Waals surface area contributed by atoms with Crippen LogP contribution in [-0.2, 0) is 27.2 Å². The summed E-state index contributed by atoms with van der Waals surface area (Å²) in [6, 6.07) is 19.7. The fourth-order valence-electron chi connectivity index (χ4n) is 3.83. The molecule has 174 valence electrons. The number of rotatable bonds is 9. The van der Waals surface area contributed by atoms with Crippen molar-refractivity contribution in [2.75, 3.05) is 13.3 Å².